The smallest absolute Gasteiger partial charge is 0.336 e. The minimum atomic E-state index is -0.901. The molecule has 1 aromatic carbocycles. The number of nitrogens with zero attached hydrogens (tertiary/aromatic N) is 1. The zero-order valence-corrected chi connectivity index (χ0v) is 13.8. The zero-order valence-electron chi connectivity index (χ0n) is 12.3. The van der Waals surface area contributed by atoms with Crippen molar-refractivity contribution in [3.63, 3.8) is 0 Å². The Hall–Kier alpha value is -2.57. The first-order chi connectivity index (χ1) is 11.4. The molecule has 2 heterocycles. The van der Waals surface area contributed by atoms with Gasteiger partial charge in [-0.3, -0.25) is 14.9 Å². The van der Waals surface area contributed by atoms with Crippen LogP contribution in [0.2, 0.25) is 10.0 Å². The van der Waals surface area contributed by atoms with Crippen LogP contribution >= 0.6 is 23.2 Å². The molecule has 1 aliphatic heterocycles. The van der Waals surface area contributed by atoms with E-state index in [1.807, 2.05) is 0 Å². The molecule has 0 aliphatic carbocycles. The zero-order chi connectivity index (χ0) is 17.4. The van der Waals surface area contributed by atoms with E-state index in [0.717, 1.165) is 4.90 Å². The van der Waals surface area contributed by atoms with E-state index in [-0.39, 0.29) is 21.3 Å². The molecule has 0 saturated carbocycles. The van der Waals surface area contributed by atoms with Gasteiger partial charge in [-0.15, -0.1) is 0 Å². The third kappa shape index (κ3) is 2.81. The number of carbonyl (C=O) groups is 3. The van der Waals surface area contributed by atoms with Crippen molar-refractivity contribution in [2.45, 2.75) is 6.92 Å². The summed E-state index contributed by atoms with van der Waals surface area (Å²) in [5.74, 6) is -0.691. The van der Waals surface area contributed by atoms with E-state index in [2.05, 4.69) is 5.32 Å². The highest BCUT2D eigenvalue weighted by Gasteiger charge is 2.38. The first-order valence-corrected chi connectivity index (χ1v) is 7.56. The Kier molecular flexibility index (Phi) is 4.17. The minimum absolute atomic E-state index is 0.0326. The number of barbiturate groups is 1. The largest absolute Gasteiger partial charge is 0.462 e. The second-order valence-corrected chi connectivity index (χ2v) is 5.76. The van der Waals surface area contributed by atoms with Crippen LogP contribution in [0.3, 0.4) is 0 Å². The number of imide groups is 2. The Labute approximate surface area is 146 Å². The van der Waals surface area contributed by atoms with Gasteiger partial charge in [-0.25, -0.2) is 9.69 Å². The van der Waals surface area contributed by atoms with Crippen molar-refractivity contribution in [3.05, 3.63) is 57.5 Å². The lowest BCUT2D eigenvalue weighted by molar-refractivity contribution is -0.122. The standard InChI is InChI=1S/C16H10Cl2N2O4/c1-8-5-6-9(24-8)7-10-14(21)19-16(23)20(15(10)22)12-4-2-3-11(17)13(12)18/h2-7H,1H3,(H,19,21,23)/b10-7-. The highest BCUT2D eigenvalue weighted by Crippen LogP contribution is 2.34. The minimum Gasteiger partial charge on any atom is -0.462 e. The lowest BCUT2D eigenvalue weighted by atomic mass is 10.1. The molecule has 122 valence electrons. The first kappa shape index (κ1) is 16.3. The van der Waals surface area contributed by atoms with E-state index in [4.69, 9.17) is 27.6 Å². The average molecular weight is 365 g/mol. The molecule has 4 amide bonds. The number of urea groups is 1. The Bertz CT molecular complexity index is 901. The summed E-state index contributed by atoms with van der Waals surface area (Å²) in [5, 5.41) is 2.31. The third-order valence-corrected chi connectivity index (χ3v) is 4.13. The van der Waals surface area contributed by atoms with Crippen LogP contribution in [0.4, 0.5) is 10.5 Å². The van der Waals surface area contributed by atoms with Gasteiger partial charge in [0, 0.05) is 0 Å². The van der Waals surface area contributed by atoms with Crippen molar-refractivity contribution >= 4 is 52.8 Å². The molecule has 1 N–H and O–H groups in total. The lowest BCUT2D eigenvalue weighted by Crippen LogP contribution is -2.54. The van der Waals surface area contributed by atoms with Gasteiger partial charge in [0.2, 0.25) is 0 Å². The highest BCUT2D eigenvalue weighted by atomic mass is 35.5. The van der Waals surface area contributed by atoms with Gasteiger partial charge in [0.15, 0.2) is 0 Å². The van der Waals surface area contributed by atoms with Gasteiger partial charge >= 0.3 is 6.03 Å². The molecule has 24 heavy (non-hydrogen) atoms. The van der Waals surface area contributed by atoms with Gasteiger partial charge in [-0.2, -0.15) is 0 Å². The molecule has 0 spiro atoms. The summed E-state index contributed by atoms with van der Waals surface area (Å²) in [6.07, 6.45) is 1.27. The molecule has 0 radical (unpaired) electrons. The molecule has 0 atom stereocenters. The monoisotopic (exact) mass is 364 g/mol. The summed E-state index contributed by atoms with van der Waals surface area (Å²) >= 11 is 12.0. The molecule has 8 heteroatoms. The number of furan rings is 1. The summed E-state index contributed by atoms with van der Waals surface area (Å²) in [6, 6.07) is 6.91. The maximum atomic E-state index is 12.7. The van der Waals surface area contributed by atoms with Crippen molar-refractivity contribution in [2.24, 2.45) is 0 Å². The van der Waals surface area contributed by atoms with E-state index < -0.39 is 17.8 Å². The number of rotatable bonds is 2. The molecule has 0 bridgehead atoms. The van der Waals surface area contributed by atoms with Crippen LogP contribution in [0.25, 0.3) is 6.08 Å². The number of halogens is 2. The van der Waals surface area contributed by atoms with Gasteiger partial charge < -0.3 is 4.42 Å². The van der Waals surface area contributed by atoms with Crippen LogP contribution in [0.5, 0.6) is 0 Å². The molecule has 3 rings (SSSR count). The number of hydrogen-bond donors (Lipinski definition) is 1. The fourth-order valence-electron chi connectivity index (χ4n) is 2.21. The molecule has 6 nitrogen and oxygen atoms in total. The van der Waals surface area contributed by atoms with Crippen LogP contribution in [0, 0.1) is 6.92 Å². The predicted molar refractivity (Wildman–Crippen MR) is 88.9 cm³/mol. The summed E-state index contributed by atoms with van der Waals surface area (Å²) in [5.41, 5.74) is -0.166. The second-order valence-electron chi connectivity index (χ2n) is 4.98. The number of amides is 4. The number of aryl methyl sites for hydroxylation is 1. The lowest BCUT2D eigenvalue weighted by Gasteiger charge is -2.27. The molecule has 0 unspecified atom stereocenters. The maximum Gasteiger partial charge on any atom is 0.336 e. The van der Waals surface area contributed by atoms with Crippen LogP contribution in [-0.4, -0.2) is 17.8 Å². The Balaban J connectivity index is 2.06. The van der Waals surface area contributed by atoms with Crippen LogP contribution in [0.1, 0.15) is 11.5 Å². The molecular weight excluding hydrogens is 355 g/mol. The highest BCUT2D eigenvalue weighted by molar-refractivity contribution is 6.46. The Morgan fingerprint density at radius 3 is 2.54 bits per heavy atom. The molecule has 1 aromatic heterocycles. The molecular formula is C16H10Cl2N2O4. The summed E-state index contributed by atoms with van der Waals surface area (Å²) < 4.78 is 5.33. The summed E-state index contributed by atoms with van der Waals surface area (Å²) in [6.45, 7) is 1.73. The number of hydrogen-bond acceptors (Lipinski definition) is 4. The fourth-order valence-corrected chi connectivity index (χ4v) is 2.59. The molecule has 1 fully saturated rings. The molecule has 1 aliphatic rings. The van der Waals surface area contributed by atoms with E-state index >= 15 is 0 Å². The van der Waals surface area contributed by atoms with Gasteiger partial charge in [-0.05, 0) is 37.3 Å². The summed E-state index contributed by atoms with van der Waals surface area (Å²) in [4.78, 5) is 37.5. The Morgan fingerprint density at radius 2 is 1.88 bits per heavy atom. The van der Waals surface area contributed by atoms with Crippen LogP contribution in [0.15, 0.2) is 40.3 Å². The normalized spacial score (nSPS) is 16.7. The SMILES string of the molecule is Cc1ccc(/C=C2/C(=O)NC(=O)N(c3cccc(Cl)c3Cl)C2=O)o1. The van der Waals surface area contributed by atoms with E-state index in [1.165, 1.54) is 18.2 Å². The quantitative estimate of drug-likeness (QED) is 0.652. The van der Waals surface area contributed by atoms with Gasteiger partial charge in [0.05, 0.1) is 15.7 Å². The van der Waals surface area contributed by atoms with Crippen molar-refractivity contribution in [1.82, 2.24) is 5.32 Å². The third-order valence-electron chi connectivity index (χ3n) is 3.32. The molecule has 1 saturated heterocycles. The van der Waals surface area contributed by atoms with Gasteiger partial charge in [0.1, 0.15) is 17.1 Å². The fraction of sp³-hybridized carbons (Fsp3) is 0.0625. The van der Waals surface area contributed by atoms with Crippen molar-refractivity contribution in [3.8, 4) is 0 Å². The second kappa shape index (κ2) is 6.14. The number of nitrogens with one attached hydrogen (secondary N) is 1. The predicted octanol–water partition coefficient (Wildman–Crippen LogP) is 3.56. The number of anilines is 1. The van der Waals surface area contributed by atoms with Gasteiger partial charge in [-0.1, -0.05) is 29.3 Å². The average Bonchev–Trinajstić information content (AvgIpc) is 2.93. The number of carbonyl (C=O) groups excluding carboxylic acids is 3. The first-order valence-electron chi connectivity index (χ1n) is 6.80. The van der Waals surface area contributed by atoms with E-state index in [1.54, 1.807) is 25.1 Å². The van der Waals surface area contributed by atoms with Crippen LogP contribution in [-0.2, 0) is 9.59 Å². The Morgan fingerprint density at radius 1 is 1.12 bits per heavy atom. The maximum absolute atomic E-state index is 12.7. The van der Waals surface area contributed by atoms with E-state index in [0.29, 0.717) is 11.5 Å². The molecule has 2 aromatic rings. The number of benzene rings is 1. The van der Waals surface area contributed by atoms with Gasteiger partial charge in [0.25, 0.3) is 11.8 Å². The van der Waals surface area contributed by atoms with Crippen molar-refractivity contribution in [2.75, 3.05) is 4.90 Å². The van der Waals surface area contributed by atoms with Crippen molar-refractivity contribution in [1.29, 1.82) is 0 Å². The van der Waals surface area contributed by atoms with Crippen LogP contribution < -0.4 is 10.2 Å². The van der Waals surface area contributed by atoms with E-state index in [9.17, 15) is 14.4 Å². The topological polar surface area (TPSA) is 79.6 Å². The van der Waals surface area contributed by atoms with Crippen molar-refractivity contribution < 1.29 is 18.8 Å². The summed E-state index contributed by atoms with van der Waals surface area (Å²) in [7, 11) is 0.